The molecule has 0 unspecified atom stereocenters. The number of nitrogens with zero attached hydrogens (tertiary/aromatic N) is 3. The van der Waals surface area contributed by atoms with Crippen LogP contribution in [0.1, 0.15) is 38.7 Å². The molecule has 4 amide bonds. The number of hydrogen-bond donors (Lipinski definition) is 4. The van der Waals surface area contributed by atoms with Crippen LogP contribution in [0.2, 0.25) is 0 Å². The Morgan fingerprint density at radius 2 is 1.63 bits per heavy atom. The summed E-state index contributed by atoms with van der Waals surface area (Å²) >= 11 is 0. The molecule has 1 aliphatic rings. The van der Waals surface area contributed by atoms with Gasteiger partial charge in [0.15, 0.2) is 28.8 Å². The zero-order chi connectivity index (χ0) is 42.4. The third-order valence-corrected chi connectivity index (χ3v) is 10.4. The molecule has 312 valence electrons. The van der Waals surface area contributed by atoms with Gasteiger partial charge in [0.2, 0.25) is 12.7 Å². The predicted molar refractivity (Wildman–Crippen MR) is 221 cm³/mol. The highest BCUT2D eigenvalue weighted by molar-refractivity contribution is 6.15. The van der Waals surface area contributed by atoms with E-state index in [1.807, 2.05) is 13.8 Å². The molecule has 0 fully saturated rings. The molecule has 0 saturated carbocycles. The number of urea groups is 1. The van der Waals surface area contributed by atoms with Crippen LogP contribution in [-0.4, -0.2) is 85.5 Å². The molecule has 0 aliphatic carbocycles. The minimum absolute atomic E-state index is 0.0427. The lowest BCUT2D eigenvalue weighted by Crippen LogP contribution is -2.38. The summed E-state index contributed by atoms with van der Waals surface area (Å²) in [7, 11) is 4.61. The summed E-state index contributed by atoms with van der Waals surface area (Å²) in [5.41, 5.74) is 13.3. The molecule has 5 aromatic rings. The van der Waals surface area contributed by atoms with Crippen molar-refractivity contribution < 1.29 is 42.9 Å². The molecule has 3 heterocycles. The molecule has 17 heteroatoms. The molecule has 0 saturated heterocycles. The number of fused-ring (bicyclic) bond motifs is 6. The number of nitrogens with two attached hydrogens (primary N) is 2. The number of hydrogen-bond acceptors (Lipinski definition) is 12. The summed E-state index contributed by atoms with van der Waals surface area (Å²) < 4.78 is 29.5. The van der Waals surface area contributed by atoms with Gasteiger partial charge in [0, 0.05) is 73.1 Å². The molecule has 0 radical (unpaired) electrons. The normalized spacial score (nSPS) is 13.0. The largest absolute Gasteiger partial charge is 0.493 e. The number of methoxy groups -OCH3 is 2. The van der Waals surface area contributed by atoms with E-state index in [-0.39, 0.29) is 62.6 Å². The first-order valence-electron chi connectivity index (χ1n) is 19.2. The Bertz CT molecular complexity index is 2450. The first-order chi connectivity index (χ1) is 28.3. The van der Waals surface area contributed by atoms with Crippen molar-refractivity contribution >= 4 is 62.1 Å². The van der Waals surface area contributed by atoms with E-state index in [2.05, 4.69) is 15.6 Å². The summed E-state index contributed by atoms with van der Waals surface area (Å²) in [5.74, 6) is 0.604. The summed E-state index contributed by atoms with van der Waals surface area (Å²) in [6.07, 6.45) is 1.82. The average molecular weight is 812 g/mol. The monoisotopic (exact) mass is 811 g/mol. The Kier molecular flexibility index (Phi) is 13.0. The van der Waals surface area contributed by atoms with Gasteiger partial charge >= 0.3 is 12.1 Å². The second-order valence-electron chi connectivity index (χ2n) is 14.7. The van der Waals surface area contributed by atoms with E-state index in [4.69, 9.17) is 35.2 Å². The van der Waals surface area contributed by atoms with E-state index in [1.54, 1.807) is 66.3 Å². The van der Waals surface area contributed by atoms with Gasteiger partial charge in [0.1, 0.15) is 6.61 Å². The maximum absolute atomic E-state index is 14.3. The summed E-state index contributed by atoms with van der Waals surface area (Å²) in [6.45, 7) is 4.20. The van der Waals surface area contributed by atoms with Crippen LogP contribution in [0.15, 0.2) is 59.5 Å². The molecule has 6 rings (SSSR count). The number of pyridine rings is 2. The number of nitrogens with one attached hydrogen (secondary N) is 2. The number of carbonyl (C=O) groups is 4. The van der Waals surface area contributed by atoms with Crippen LogP contribution in [0.4, 0.5) is 15.3 Å². The van der Waals surface area contributed by atoms with Crippen LogP contribution < -0.4 is 46.6 Å². The molecule has 3 aromatic carbocycles. The number of amides is 4. The van der Waals surface area contributed by atoms with Gasteiger partial charge in [0.05, 0.1) is 36.7 Å². The average Bonchev–Trinajstić information content (AvgIpc) is 3.69. The Balaban J connectivity index is 1.14. The van der Waals surface area contributed by atoms with E-state index >= 15 is 0 Å². The number of benzene rings is 3. The number of ether oxygens (including phenoxy) is 5. The van der Waals surface area contributed by atoms with Crippen molar-refractivity contribution in [3.63, 3.8) is 0 Å². The van der Waals surface area contributed by atoms with E-state index in [0.717, 1.165) is 0 Å². The van der Waals surface area contributed by atoms with Crippen LogP contribution in [0.5, 0.6) is 23.0 Å². The van der Waals surface area contributed by atoms with Crippen LogP contribution in [-0.2, 0) is 27.5 Å². The molecule has 0 bridgehead atoms. The molecular weight excluding hydrogens is 763 g/mol. The maximum Gasteiger partial charge on any atom is 0.409 e. The lowest BCUT2D eigenvalue weighted by atomic mass is 9.90. The van der Waals surface area contributed by atoms with E-state index in [1.165, 1.54) is 19.1 Å². The fraction of sp³-hybridized carbons (Fsp3) is 0.381. The van der Waals surface area contributed by atoms with Gasteiger partial charge in [-0.25, -0.2) is 9.59 Å². The second-order valence-corrected chi connectivity index (χ2v) is 14.7. The zero-order valence-corrected chi connectivity index (χ0v) is 33.7. The van der Waals surface area contributed by atoms with Crippen molar-refractivity contribution in [3.05, 3.63) is 70.6 Å². The number of likely N-dealkylation sites (N-methyl/N-ethyl adjacent to an activating group) is 1. The maximum atomic E-state index is 14.3. The Labute approximate surface area is 339 Å². The van der Waals surface area contributed by atoms with Crippen molar-refractivity contribution in [3.8, 4) is 23.0 Å². The highest BCUT2D eigenvalue weighted by atomic mass is 16.7. The fourth-order valence-electron chi connectivity index (χ4n) is 6.96. The Morgan fingerprint density at radius 1 is 0.949 bits per heavy atom. The van der Waals surface area contributed by atoms with Gasteiger partial charge in [0.25, 0.3) is 5.56 Å². The Morgan fingerprint density at radius 3 is 2.29 bits per heavy atom. The summed E-state index contributed by atoms with van der Waals surface area (Å²) in [4.78, 5) is 70.7. The number of carbonyl (C=O) groups excluding carboxylic acids is 4. The molecule has 1 aliphatic heterocycles. The molecule has 2 atom stereocenters. The van der Waals surface area contributed by atoms with Crippen molar-refractivity contribution in [2.75, 3.05) is 46.5 Å². The van der Waals surface area contributed by atoms with E-state index < -0.39 is 24.1 Å². The van der Waals surface area contributed by atoms with Gasteiger partial charge in [-0.15, -0.1) is 0 Å². The number of Topliss-reactive ketones (excluding diaryl/α,β-unsaturated/α-hetero) is 1. The van der Waals surface area contributed by atoms with Crippen LogP contribution in [0.3, 0.4) is 0 Å². The lowest BCUT2D eigenvalue weighted by molar-refractivity contribution is -0.127. The highest BCUT2D eigenvalue weighted by Crippen LogP contribution is 2.40. The zero-order valence-electron chi connectivity index (χ0n) is 33.7. The van der Waals surface area contributed by atoms with Crippen LogP contribution in [0, 0.1) is 11.8 Å². The predicted octanol–water partition coefficient (Wildman–Crippen LogP) is 4.66. The number of ketones is 1. The topological polar surface area (TPSA) is 229 Å². The molecular formula is C42H49N7O10. The van der Waals surface area contributed by atoms with Gasteiger partial charge in [-0.2, -0.15) is 0 Å². The van der Waals surface area contributed by atoms with E-state index in [9.17, 15) is 24.0 Å². The van der Waals surface area contributed by atoms with Crippen molar-refractivity contribution in [2.45, 2.75) is 52.3 Å². The third-order valence-electron chi connectivity index (χ3n) is 10.4. The molecule has 59 heavy (non-hydrogen) atoms. The fourth-order valence-corrected chi connectivity index (χ4v) is 6.96. The number of anilines is 1. The van der Waals surface area contributed by atoms with Gasteiger partial charge in [-0.1, -0.05) is 26.0 Å². The summed E-state index contributed by atoms with van der Waals surface area (Å²) in [6, 6.07) is 12.4. The van der Waals surface area contributed by atoms with E-state index in [0.29, 0.717) is 79.7 Å². The van der Waals surface area contributed by atoms with Crippen molar-refractivity contribution in [1.82, 2.24) is 19.8 Å². The standard InChI is InChI=1S/C42H49N7O10/c1-23(2)37(43)32(50)15-25(7-6-12-45-41(44)53)39(51)47-26-10-8-24(9-11-26)21-57-42(54)48(3)13-14-49-38-29-18-35-36(59-22-58-35)19-31(29)46-20-30(38)27-16-33(55-4)34(56-5)17-28(27)40(49)52/h8-11,16-20,23,25,37H,6-7,12-15,21-22,43H2,1-5H3,(H,47,51)(H3,44,45,53)/t25-,37+/m1/s1. The van der Waals surface area contributed by atoms with Crippen LogP contribution in [0.25, 0.3) is 32.6 Å². The Hall–Kier alpha value is -6.62. The number of primary amides is 1. The lowest BCUT2D eigenvalue weighted by Gasteiger charge is -2.21. The molecule has 2 aromatic heterocycles. The number of rotatable bonds is 17. The van der Waals surface area contributed by atoms with Crippen molar-refractivity contribution in [1.29, 1.82) is 0 Å². The first kappa shape index (κ1) is 42.0. The SMILES string of the molecule is COc1cc2c(=O)n(CCN(C)C(=O)OCc3ccc(NC(=O)[C@H](CCCNC(N)=O)CC(=O)[C@@H](N)C(C)C)cc3)c3c4cc5c(cc4ncc3c2cc1OC)OCO5. The van der Waals surface area contributed by atoms with Gasteiger partial charge < -0.3 is 55.3 Å². The molecule has 0 spiro atoms. The number of aromatic nitrogens is 2. The minimum Gasteiger partial charge on any atom is -0.493 e. The quantitative estimate of drug-likeness (QED) is 0.0743. The first-order valence-corrected chi connectivity index (χ1v) is 19.2. The second kappa shape index (κ2) is 18.3. The third kappa shape index (κ3) is 9.41. The smallest absolute Gasteiger partial charge is 0.409 e. The van der Waals surface area contributed by atoms with Gasteiger partial charge in [-0.3, -0.25) is 19.4 Å². The minimum atomic E-state index is -0.698. The van der Waals surface area contributed by atoms with Crippen LogP contribution >= 0.6 is 0 Å². The highest BCUT2D eigenvalue weighted by Gasteiger charge is 2.27. The van der Waals surface area contributed by atoms with Crippen molar-refractivity contribution in [2.24, 2.45) is 23.3 Å². The molecule has 6 N–H and O–H groups in total. The van der Waals surface area contributed by atoms with Gasteiger partial charge in [-0.05, 0) is 54.7 Å². The molecule has 17 nitrogen and oxygen atoms in total. The summed E-state index contributed by atoms with van der Waals surface area (Å²) in [5, 5.41) is 7.72.